The molecule has 0 spiro atoms. The van der Waals surface area contributed by atoms with Crippen molar-refractivity contribution < 1.29 is 0 Å². The Bertz CT molecular complexity index is 241. The Morgan fingerprint density at radius 2 is 2.31 bits per heavy atom. The second-order valence-electron chi connectivity index (χ2n) is 3.60. The average molecular weight is 197 g/mol. The highest BCUT2D eigenvalue weighted by Gasteiger charge is 2.26. The number of hydrogen-bond donors (Lipinski definition) is 2. The number of thiazole rings is 1. The molecule has 0 aromatic carbocycles. The summed E-state index contributed by atoms with van der Waals surface area (Å²) in [5.41, 5.74) is 5.87. The van der Waals surface area contributed by atoms with Gasteiger partial charge in [-0.25, -0.2) is 4.98 Å². The first-order chi connectivity index (χ1) is 6.42. The van der Waals surface area contributed by atoms with Gasteiger partial charge in [0.2, 0.25) is 0 Å². The number of rotatable bonds is 3. The molecular weight excluding hydrogens is 182 g/mol. The number of nitrogens with zero attached hydrogens (tertiary/aromatic N) is 1. The molecule has 0 aliphatic heterocycles. The molecule has 0 saturated heterocycles. The van der Waals surface area contributed by atoms with Gasteiger partial charge >= 0.3 is 0 Å². The van der Waals surface area contributed by atoms with E-state index < -0.39 is 0 Å². The third-order valence-electron chi connectivity index (χ3n) is 2.82. The van der Waals surface area contributed by atoms with Crippen molar-refractivity contribution in [1.29, 1.82) is 0 Å². The summed E-state index contributed by atoms with van der Waals surface area (Å²) in [7, 11) is 0. The van der Waals surface area contributed by atoms with Crippen LogP contribution in [0.25, 0.3) is 0 Å². The quantitative estimate of drug-likeness (QED) is 0.574. The minimum absolute atomic E-state index is 0.272. The molecule has 13 heavy (non-hydrogen) atoms. The third kappa shape index (κ3) is 1.90. The van der Waals surface area contributed by atoms with E-state index >= 15 is 0 Å². The van der Waals surface area contributed by atoms with Crippen LogP contribution in [-0.4, -0.2) is 4.98 Å². The fourth-order valence-electron chi connectivity index (χ4n) is 2.13. The predicted octanol–water partition coefficient (Wildman–Crippen LogP) is 1.84. The molecule has 1 aliphatic rings. The molecular formula is C9H15N3S. The van der Waals surface area contributed by atoms with Crippen molar-refractivity contribution in [2.75, 3.05) is 0 Å². The van der Waals surface area contributed by atoms with E-state index in [-0.39, 0.29) is 6.04 Å². The van der Waals surface area contributed by atoms with Gasteiger partial charge in [0, 0.05) is 5.38 Å². The molecule has 4 heteroatoms. The molecule has 1 aliphatic carbocycles. The third-order valence-corrected chi connectivity index (χ3v) is 3.43. The lowest BCUT2D eigenvalue weighted by Gasteiger charge is -2.20. The molecule has 0 radical (unpaired) electrons. The Morgan fingerprint density at radius 1 is 1.54 bits per heavy atom. The maximum Gasteiger partial charge on any atom is 0.0795 e. The molecule has 1 unspecified atom stereocenters. The van der Waals surface area contributed by atoms with Gasteiger partial charge in [0.1, 0.15) is 0 Å². The lowest BCUT2D eigenvalue weighted by molar-refractivity contribution is 0.367. The van der Waals surface area contributed by atoms with E-state index in [9.17, 15) is 0 Å². The summed E-state index contributed by atoms with van der Waals surface area (Å²) in [6, 6.07) is 0.272. The van der Waals surface area contributed by atoms with E-state index in [0.29, 0.717) is 5.92 Å². The summed E-state index contributed by atoms with van der Waals surface area (Å²) in [6.07, 6.45) is 5.25. The standard InChI is InChI=1S/C9H15N3S/c10-12-9(7-3-1-2-4-7)8-5-13-6-11-8/h5-7,9,12H,1-4,10H2. The van der Waals surface area contributed by atoms with Gasteiger partial charge in [-0.1, -0.05) is 12.8 Å². The average Bonchev–Trinajstić information content (AvgIpc) is 2.76. The predicted molar refractivity (Wildman–Crippen MR) is 54.1 cm³/mol. The van der Waals surface area contributed by atoms with E-state index in [1.807, 2.05) is 5.51 Å². The van der Waals surface area contributed by atoms with Crippen LogP contribution in [0.4, 0.5) is 0 Å². The van der Waals surface area contributed by atoms with E-state index in [4.69, 9.17) is 5.84 Å². The van der Waals surface area contributed by atoms with E-state index in [1.54, 1.807) is 11.3 Å². The first kappa shape index (κ1) is 9.12. The van der Waals surface area contributed by atoms with Crippen LogP contribution >= 0.6 is 11.3 Å². The van der Waals surface area contributed by atoms with Gasteiger partial charge in [-0.2, -0.15) is 0 Å². The molecule has 1 fully saturated rings. The zero-order valence-electron chi connectivity index (χ0n) is 7.57. The van der Waals surface area contributed by atoms with Crippen molar-refractivity contribution in [3.8, 4) is 0 Å². The smallest absolute Gasteiger partial charge is 0.0795 e. The molecule has 3 N–H and O–H groups in total. The highest BCUT2D eigenvalue weighted by atomic mass is 32.1. The fraction of sp³-hybridized carbons (Fsp3) is 0.667. The zero-order valence-corrected chi connectivity index (χ0v) is 8.39. The second kappa shape index (κ2) is 4.17. The van der Waals surface area contributed by atoms with Gasteiger partial charge in [-0.15, -0.1) is 11.3 Å². The summed E-state index contributed by atoms with van der Waals surface area (Å²) in [6.45, 7) is 0. The molecule has 1 aromatic rings. The number of hydrazine groups is 1. The van der Waals surface area contributed by atoms with Crippen LogP contribution in [0, 0.1) is 5.92 Å². The molecule has 1 aromatic heterocycles. The van der Waals surface area contributed by atoms with Crippen LogP contribution in [0.2, 0.25) is 0 Å². The van der Waals surface area contributed by atoms with Gasteiger partial charge < -0.3 is 0 Å². The maximum atomic E-state index is 5.56. The van der Waals surface area contributed by atoms with Crippen molar-refractivity contribution in [2.24, 2.45) is 11.8 Å². The van der Waals surface area contributed by atoms with Gasteiger partial charge in [0.25, 0.3) is 0 Å². The van der Waals surface area contributed by atoms with Crippen molar-refractivity contribution in [3.05, 3.63) is 16.6 Å². The molecule has 1 heterocycles. The summed E-state index contributed by atoms with van der Waals surface area (Å²) in [5.74, 6) is 6.25. The molecule has 72 valence electrons. The van der Waals surface area contributed by atoms with Gasteiger partial charge in [-0.3, -0.25) is 11.3 Å². The minimum atomic E-state index is 0.272. The van der Waals surface area contributed by atoms with Crippen molar-refractivity contribution in [2.45, 2.75) is 31.7 Å². The molecule has 1 saturated carbocycles. The van der Waals surface area contributed by atoms with Crippen LogP contribution in [0.1, 0.15) is 37.4 Å². The Kier molecular flexibility index (Phi) is 2.93. The van der Waals surface area contributed by atoms with Crippen LogP contribution < -0.4 is 11.3 Å². The summed E-state index contributed by atoms with van der Waals surface area (Å²) >= 11 is 1.64. The summed E-state index contributed by atoms with van der Waals surface area (Å²) < 4.78 is 0. The Morgan fingerprint density at radius 3 is 2.85 bits per heavy atom. The number of aromatic nitrogens is 1. The topological polar surface area (TPSA) is 50.9 Å². The molecule has 0 bridgehead atoms. The number of hydrogen-bond acceptors (Lipinski definition) is 4. The van der Waals surface area contributed by atoms with Gasteiger partial charge in [0.05, 0.1) is 17.2 Å². The molecule has 3 nitrogen and oxygen atoms in total. The first-order valence-electron chi connectivity index (χ1n) is 4.76. The van der Waals surface area contributed by atoms with Crippen LogP contribution in [0.5, 0.6) is 0 Å². The second-order valence-corrected chi connectivity index (χ2v) is 4.32. The Labute approximate surface area is 82.3 Å². The summed E-state index contributed by atoms with van der Waals surface area (Å²) in [5, 5.41) is 2.09. The SMILES string of the molecule is NNC(c1cscn1)C1CCCC1. The maximum absolute atomic E-state index is 5.56. The zero-order chi connectivity index (χ0) is 9.10. The number of nitrogens with two attached hydrogens (primary N) is 1. The lowest BCUT2D eigenvalue weighted by atomic mass is 9.97. The van der Waals surface area contributed by atoms with E-state index in [1.165, 1.54) is 25.7 Å². The lowest BCUT2D eigenvalue weighted by Crippen LogP contribution is -2.32. The highest BCUT2D eigenvalue weighted by Crippen LogP contribution is 2.34. The summed E-state index contributed by atoms with van der Waals surface area (Å²) in [4.78, 5) is 4.31. The number of nitrogens with one attached hydrogen (secondary N) is 1. The van der Waals surface area contributed by atoms with Crippen molar-refractivity contribution >= 4 is 11.3 Å². The van der Waals surface area contributed by atoms with Crippen LogP contribution in [-0.2, 0) is 0 Å². The van der Waals surface area contributed by atoms with E-state index in [0.717, 1.165) is 5.69 Å². The largest absolute Gasteiger partial charge is 0.271 e. The van der Waals surface area contributed by atoms with Crippen LogP contribution in [0.3, 0.4) is 0 Å². The van der Waals surface area contributed by atoms with Crippen molar-refractivity contribution in [3.63, 3.8) is 0 Å². The fourth-order valence-corrected chi connectivity index (χ4v) is 2.72. The van der Waals surface area contributed by atoms with Crippen LogP contribution in [0.15, 0.2) is 10.9 Å². The Balaban J connectivity index is 2.08. The molecule has 1 atom stereocenters. The monoisotopic (exact) mass is 197 g/mol. The van der Waals surface area contributed by atoms with Gasteiger partial charge in [0.15, 0.2) is 0 Å². The normalized spacial score (nSPS) is 20.7. The Hall–Kier alpha value is -0.450. The highest BCUT2D eigenvalue weighted by molar-refractivity contribution is 7.07. The molecule has 2 rings (SSSR count). The minimum Gasteiger partial charge on any atom is -0.271 e. The molecule has 0 amide bonds. The first-order valence-corrected chi connectivity index (χ1v) is 5.70. The van der Waals surface area contributed by atoms with E-state index in [2.05, 4.69) is 15.8 Å². The van der Waals surface area contributed by atoms with Gasteiger partial charge in [-0.05, 0) is 18.8 Å². The van der Waals surface area contributed by atoms with Crippen molar-refractivity contribution in [1.82, 2.24) is 10.4 Å².